The summed E-state index contributed by atoms with van der Waals surface area (Å²) in [5.74, 6) is -2.91. The molecule has 0 aliphatic heterocycles. The Morgan fingerprint density at radius 1 is 1.20 bits per heavy atom. The maximum Gasteiger partial charge on any atom is 0.330 e. The number of aliphatic carboxylic acids is 1. The molecule has 0 radical (unpaired) electrons. The molecule has 0 aliphatic rings. The van der Waals surface area contributed by atoms with Gasteiger partial charge in [0.15, 0.2) is 6.04 Å². The molecule has 0 saturated carbocycles. The van der Waals surface area contributed by atoms with Gasteiger partial charge >= 0.3 is 5.97 Å². The fourth-order valence-electron chi connectivity index (χ4n) is 1.75. The van der Waals surface area contributed by atoms with Gasteiger partial charge in [-0.15, -0.1) is 0 Å². The van der Waals surface area contributed by atoms with Crippen LogP contribution in [0.25, 0.3) is 0 Å². The van der Waals surface area contributed by atoms with Gasteiger partial charge in [-0.05, 0) is 24.3 Å². The fourth-order valence-corrected chi connectivity index (χ4v) is 2.15. The predicted molar refractivity (Wildman–Crippen MR) is 74.5 cm³/mol. The van der Waals surface area contributed by atoms with Crippen LogP contribution >= 0.6 is 15.9 Å². The van der Waals surface area contributed by atoms with Gasteiger partial charge in [-0.3, -0.25) is 0 Å². The highest BCUT2D eigenvalue weighted by Crippen LogP contribution is 2.24. The number of nitrogens with one attached hydrogen (secondary N) is 1. The summed E-state index contributed by atoms with van der Waals surface area (Å²) < 4.78 is 27.3. The number of rotatable bonds is 4. The zero-order valence-corrected chi connectivity index (χ0v) is 11.7. The SMILES string of the molecule is O=C(O)C(Nc1cccc(Br)c1)c1ccc(F)cc1F. The Hall–Kier alpha value is -1.95. The first kappa shape index (κ1) is 14.5. The molecule has 2 N–H and O–H groups in total. The maximum absolute atomic E-state index is 13.7. The summed E-state index contributed by atoms with van der Waals surface area (Å²) in [4.78, 5) is 11.3. The van der Waals surface area contributed by atoms with E-state index in [-0.39, 0.29) is 5.56 Å². The lowest BCUT2D eigenvalue weighted by atomic mass is 10.1. The first-order valence-corrected chi connectivity index (χ1v) is 6.46. The minimum atomic E-state index is -1.30. The quantitative estimate of drug-likeness (QED) is 0.884. The topological polar surface area (TPSA) is 49.3 Å². The smallest absolute Gasteiger partial charge is 0.330 e. The predicted octanol–water partition coefficient (Wildman–Crippen LogP) is 3.97. The first-order valence-electron chi connectivity index (χ1n) is 5.67. The number of carbonyl (C=O) groups is 1. The molecule has 0 heterocycles. The van der Waals surface area contributed by atoms with Gasteiger partial charge < -0.3 is 10.4 Å². The summed E-state index contributed by atoms with van der Waals surface area (Å²) in [6.45, 7) is 0. The van der Waals surface area contributed by atoms with Crippen molar-refractivity contribution in [1.82, 2.24) is 0 Å². The molecule has 0 amide bonds. The van der Waals surface area contributed by atoms with Crippen molar-refractivity contribution >= 4 is 27.6 Å². The molecular formula is C14H10BrF2NO2. The summed E-state index contributed by atoms with van der Waals surface area (Å²) in [6.07, 6.45) is 0. The third-order valence-corrected chi connectivity index (χ3v) is 3.15. The van der Waals surface area contributed by atoms with Crippen LogP contribution in [0.4, 0.5) is 14.5 Å². The van der Waals surface area contributed by atoms with Crippen molar-refractivity contribution < 1.29 is 18.7 Å². The number of carboxylic acid groups (broad SMARTS) is 1. The van der Waals surface area contributed by atoms with E-state index in [0.717, 1.165) is 16.6 Å². The van der Waals surface area contributed by atoms with Gasteiger partial charge in [0.2, 0.25) is 0 Å². The number of benzene rings is 2. The number of hydrogen-bond acceptors (Lipinski definition) is 2. The van der Waals surface area contributed by atoms with Crippen LogP contribution in [-0.4, -0.2) is 11.1 Å². The van der Waals surface area contributed by atoms with Gasteiger partial charge in [-0.25, -0.2) is 13.6 Å². The Kier molecular flexibility index (Phi) is 4.34. The van der Waals surface area contributed by atoms with Crippen molar-refractivity contribution in [2.75, 3.05) is 5.32 Å². The van der Waals surface area contributed by atoms with E-state index in [1.54, 1.807) is 24.3 Å². The second-order valence-corrected chi connectivity index (χ2v) is 5.01. The van der Waals surface area contributed by atoms with E-state index in [1.165, 1.54) is 0 Å². The van der Waals surface area contributed by atoms with Crippen molar-refractivity contribution in [3.8, 4) is 0 Å². The molecule has 0 spiro atoms. The highest BCUT2D eigenvalue weighted by molar-refractivity contribution is 9.10. The minimum absolute atomic E-state index is 0.126. The fraction of sp³-hybridized carbons (Fsp3) is 0.0714. The van der Waals surface area contributed by atoms with Crippen molar-refractivity contribution in [2.45, 2.75) is 6.04 Å². The number of anilines is 1. The molecule has 0 aliphatic carbocycles. The molecule has 1 atom stereocenters. The van der Waals surface area contributed by atoms with Gasteiger partial charge in [-0.1, -0.05) is 28.1 Å². The Morgan fingerprint density at radius 3 is 2.55 bits per heavy atom. The molecule has 0 fully saturated rings. The Morgan fingerprint density at radius 2 is 1.95 bits per heavy atom. The highest BCUT2D eigenvalue weighted by Gasteiger charge is 2.23. The third kappa shape index (κ3) is 3.33. The third-order valence-electron chi connectivity index (χ3n) is 2.66. The van der Waals surface area contributed by atoms with Crippen LogP contribution in [0.5, 0.6) is 0 Å². The van der Waals surface area contributed by atoms with Gasteiger partial charge in [0, 0.05) is 21.8 Å². The van der Waals surface area contributed by atoms with E-state index >= 15 is 0 Å². The molecule has 104 valence electrons. The second kappa shape index (κ2) is 6.00. The average Bonchev–Trinajstić information content (AvgIpc) is 2.36. The lowest BCUT2D eigenvalue weighted by Crippen LogP contribution is -2.21. The second-order valence-electron chi connectivity index (χ2n) is 4.09. The van der Waals surface area contributed by atoms with E-state index in [0.29, 0.717) is 11.8 Å². The molecule has 0 saturated heterocycles. The van der Waals surface area contributed by atoms with Crippen LogP contribution in [0.1, 0.15) is 11.6 Å². The van der Waals surface area contributed by atoms with Crippen molar-refractivity contribution in [3.63, 3.8) is 0 Å². The zero-order chi connectivity index (χ0) is 14.7. The summed E-state index contributed by atoms with van der Waals surface area (Å²) in [5, 5.41) is 11.9. The van der Waals surface area contributed by atoms with Crippen molar-refractivity contribution in [3.05, 3.63) is 64.1 Å². The Bertz CT molecular complexity index is 649. The van der Waals surface area contributed by atoms with Crippen LogP contribution in [-0.2, 0) is 4.79 Å². The zero-order valence-electron chi connectivity index (χ0n) is 10.1. The number of carboxylic acids is 1. The Balaban J connectivity index is 2.34. The Labute approximate surface area is 122 Å². The van der Waals surface area contributed by atoms with Gasteiger partial charge in [0.25, 0.3) is 0 Å². The molecule has 0 bridgehead atoms. The van der Waals surface area contributed by atoms with Crippen LogP contribution < -0.4 is 5.32 Å². The van der Waals surface area contributed by atoms with E-state index in [9.17, 15) is 18.7 Å². The van der Waals surface area contributed by atoms with Crippen molar-refractivity contribution in [2.24, 2.45) is 0 Å². The van der Waals surface area contributed by atoms with Crippen LogP contribution in [0.15, 0.2) is 46.9 Å². The summed E-state index contributed by atoms with van der Waals surface area (Å²) >= 11 is 3.26. The molecule has 3 nitrogen and oxygen atoms in total. The van der Waals surface area contributed by atoms with Gasteiger partial charge in [0.1, 0.15) is 11.6 Å². The number of halogens is 3. The highest BCUT2D eigenvalue weighted by atomic mass is 79.9. The van der Waals surface area contributed by atoms with Crippen molar-refractivity contribution in [1.29, 1.82) is 0 Å². The molecule has 20 heavy (non-hydrogen) atoms. The minimum Gasteiger partial charge on any atom is -0.479 e. The molecular weight excluding hydrogens is 332 g/mol. The molecule has 0 aromatic heterocycles. The summed E-state index contributed by atoms with van der Waals surface area (Å²) in [7, 11) is 0. The average molecular weight is 342 g/mol. The molecule has 2 rings (SSSR count). The monoisotopic (exact) mass is 341 g/mol. The lowest BCUT2D eigenvalue weighted by Gasteiger charge is -2.17. The lowest BCUT2D eigenvalue weighted by molar-refractivity contribution is -0.138. The summed E-state index contributed by atoms with van der Waals surface area (Å²) in [6, 6.07) is 8.31. The molecule has 2 aromatic rings. The van der Waals surface area contributed by atoms with Gasteiger partial charge in [-0.2, -0.15) is 0 Å². The van der Waals surface area contributed by atoms with Gasteiger partial charge in [0.05, 0.1) is 0 Å². The molecule has 1 unspecified atom stereocenters. The van der Waals surface area contributed by atoms with E-state index in [1.807, 2.05) is 0 Å². The van der Waals surface area contributed by atoms with E-state index < -0.39 is 23.6 Å². The maximum atomic E-state index is 13.7. The first-order chi connectivity index (χ1) is 9.47. The standard InChI is InChI=1S/C14H10BrF2NO2/c15-8-2-1-3-10(6-8)18-13(14(19)20)11-5-4-9(16)7-12(11)17/h1-7,13,18H,(H,19,20). The van der Waals surface area contributed by atoms with Crippen LogP contribution in [0.2, 0.25) is 0 Å². The largest absolute Gasteiger partial charge is 0.479 e. The van der Waals surface area contributed by atoms with Crippen LogP contribution in [0.3, 0.4) is 0 Å². The van der Waals surface area contributed by atoms with E-state index in [2.05, 4.69) is 21.2 Å². The normalized spacial score (nSPS) is 11.9. The molecule has 2 aromatic carbocycles. The summed E-state index contributed by atoms with van der Waals surface area (Å²) in [5.41, 5.74) is 0.384. The number of hydrogen-bond donors (Lipinski definition) is 2. The van der Waals surface area contributed by atoms with Crippen LogP contribution in [0, 0.1) is 11.6 Å². The van der Waals surface area contributed by atoms with E-state index in [4.69, 9.17) is 0 Å². The molecule has 6 heteroatoms.